The quantitative estimate of drug-likeness (QED) is 0.796. The summed E-state index contributed by atoms with van der Waals surface area (Å²) in [6, 6.07) is 5.20. The molecule has 0 amide bonds. The lowest BCUT2D eigenvalue weighted by molar-refractivity contribution is 0.589. The van der Waals surface area contributed by atoms with E-state index in [1.807, 2.05) is 0 Å². The van der Waals surface area contributed by atoms with Gasteiger partial charge in [0.25, 0.3) is 0 Å². The predicted octanol–water partition coefficient (Wildman–Crippen LogP) is 3.15. The Hall–Kier alpha value is -0.820. The first-order chi connectivity index (χ1) is 7.00. The number of nitrogens with one attached hydrogen (secondary N) is 1. The molecule has 1 aromatic rings. The minimum atomic E-state index is 0.580. The highest BCUT2D eigenvalue weighted by Crippen LogP contribution is 2.15. The van der Waals surface area contributed by atoms with Crippen molar-refractivity contribution in [2.45, 2.75) is 47.1 Å². The van der Waals surface area contributed by atoms with Gasteiger partial charge in [-0.05, 0) is 56.0 Å². The van der Waals surface area contributed by atoms with E-state index in [-0.39, 0.29) is 0 Å². The van der Waals surface area contributed by atoms with Gasteiger partial charge in [-0.2, -0.15) is 0 Å². The lowest BCUT2D eigenvalue weighted by Gasteiger charge is -2.12. The molecule has 0 fully saturated rings. The maximum Gasteiger partial charge on any atom is 0.00105 e. The molecule has 0 aliphatic carbocycles. The minimum absolute atomic E-state index is 0.580. The normalized spacial score (nSPS) is 11.1. The number of benzene rings is 1. The molecule has 1 nitrogen and oxygen atoms in total. The lowest BCUT2D eigenvalue weighted by Crippen LogP contribution is -2.25. The second-order valence-electron chi connectivity index (χ2n) is 4.72. The van der Waals surface area contributed by atoms with Crippen LogP contribution in [-0.4, -0.2) is 12.6 Å². The van der Waals surface area contributed by atoms with Crippen molar-refractivity contribution in [3.63, 3.8) is 0 Å². The third-order valence-corrected chi connectivity index (χ3v) is 2.90. The van der Waals surface area contributed by atoms with Crippen molar-refractivity contribution in [3.8, 4) is 0 Å². The zero-order chi connectivity index (χ0) is 11.4. The SMILES string of the molecule is Cc1cc(C)c(CCNC(C)C)cc1C. The molecular formula is C14H23N. The van der Waals surface area contributed by atoms with E-state index < -0.39 is 0 Å². The van der Waals surface area contributed by atoms with Gasteiger partial charge in [0.05, 0.1) is 0 Å². The van der Waals surface area contributed by atoms with Crippen molar-refractivity contribution in [2.24, 2.45) is 0 Å². The molecule has 15 heavy (non-hydrogen) atoms. The molecule has 1 N–H and O–H groups in total. The van der Waals surface area contributed by atoms with Crippen LogP contribution in [0.2, 0.25) is 0 Å². The number of rotatable bonds is 4. The summed E-state index contributed by atoms with van der Waals surface area (Å²) in [4.78, 5) is 0. The first-order valence-electron chi connectivity index (χ1n) is 5.81. The standard InChI is InChI=1S/C14H23N/c1-10(2)15-7-6-14-9-12(4)11(3)8-13(14)5/h8-10,15H,6-7H2,1-5H3. The Morgan fingerprint density at radius 2 is 1.60 bits per heavy atom. The van der Waals surface area contributed by atoms with E-state index in [1.165, 1.54) is 22.3 Å². The van der Waals surface area contributed by atoms with Gasteiger partial charge in [-0.3, -0.25) is 0 Å². The van der Waals surface area contributed by atoms with Crippen LogP contribution in [0, 0.1) is 20.8 Å². The average Bonchev–Trinajstić information content (AvgIpc) is 2.13. The highest BCUT2D eigenvalue weighted by molar-refractivity contribution is 5.36. The molecule has 0 heterocycles. The number of aryl methyl sites for hydroxylation is 3. The zero-order valence-corrected chi connectivity index (χ0v) is 10.6. The Bertz CT molecular complexity index is 326. The van der Waals surface area contributed by atoms with E-state index in [9.17, 15) is 0 Å². The van der Waals surface area contributed by atoms with Gasteiger partial charge in [-0.25, -0.2) is 0 Å². The molecular weight excluding hydrogens is 182 g/mol. The van der Waals surface area contributed by atoms with E-state index in [1.54, 1.807) is 0 Å². The van der Waals surface area contributed by atoms with Gasteiger partial charge in [-0.1, -0.05) is 26.0 Å². The van der Waals surface area contributed by atoms with Crippen molar-refractivity contribution in [2.75, 3.05) is 6.54 Å². The Morgan fingerprint density at radius 3 is 2.20 bits per heavy atom. The fourth-order valence-electron chi connectivity index (χ4n) is 1.79. The van der Waals surface area contributed by atoms with Crippen LogP contribution in [0.15, 0.2) is 12.1 Å². The highest BCUT2D eigenvalue weighted by atomic mass is 14.9. The van der Waals surface area contributed by atoms with Crippen molar-refractivity contribution in [1.82, 2.24) is 5.32 Å². The minimum Gasteiger partial charge on any atom is -0.314 e. The lowest BCUT2D eigenvalue weighted by atomic mass is 9.99. The molecule has 0 bridgehead atoms. The molecule has 0 aliphatic rings. The van der Waals surface area contributed by atoms with Gasteiger partial charge in [0.2, 0.25) is 0 Å². The topological polar surface area (TPSA) is 12.0 Å². The summed E-state index contributed by atoms with van der Waals surface area (Å²) >= 11 is 0. The number of hydrogen-bond acceptors (Lipinski definition) is 1. The van der Waals surface area contributed by atoms with Gasteiger partial charge in [0.15, 0.2) is 0 Å². The summed E-state index contributed by atoms with van der Waals surface area (Å²) in [7, 11) is 0. The van der Waals surface area contributed by atoms with Crippen LogP contribution in [0.25, 0.3) is 0 Å². The monoisotopic (exact) mass is 205 g/mol. The van der Waals surface area contributed by atoms with Crippen molar-refractivity contribution < 1.29 is 0 Å². The van der Waals surface area contributed by atoms with Gasteiger partial charge in [0.1, 0.15) is 0 Å². The van der Waals surface area contributed by atoms with E-state index in [0.717, 1.165) is 13.0 Å². The van der Waals surface area contributed by atoms with Crippen LogP contribution < -0.4 is 5.32 Å². The third-order valence-electron chi connectivity index (χ3n) is 2.90. The van der Waals surface area contributed by atoms with Crippen LogP contribution >= 0.6 is 0 Å². The Balaban J connectivity index is 2.65. The zero-order valence-electron chi connectivity index (χ0n) is 10.6. The molecule has 0 aliphatic heterocycles. The number of hydrogen-bond donors (Lipinski definition) is 1. The molecule has 0 unspecified atom stereocenters. The molecule has 1 aromatic carbocycles. The Kier molecular flexibility index (Phi) is 4.34. The maximum absolute atomic E-state index is 3.46. The smallest absolute Gasteiger partial charge is 0.00105 e. The third kappa shape index (κ3) is 3.67. The summed E-state index contributed by atoms with van der Waals surface area (Å²) in [5, 5.41) is 3.46. The van der Waals surface area contributed by atoms with Gasteiger partial charge in [-0.15, -0.1) is 0 Å². The van der Waals surface area contributed by atoms with Crippen molar-refractivity contribution in [3.05, 3.63) is 34.4 Å². The molecule has 0 saturated carbocycles. The predicted molar refractivity (Wildman–Crippen MR) is 67.5 cm³/mol. The fraction of sp³-hybridized carbons (Fsp3) is 0.571. The molecule has 1 heteroatoms. The van der Waals surface area contributed by atoms with E-state index in [2.05, 4.69) is 52.1 Å². The van der Waals surface area contributed by atoms with Crippen LogP contribution in [-0.2, 0) is 6.42 Å². The van der Waals surface area contributed by atoms with Crippen LogP contribution in [0.5, 0.6) is 0 Å². The summed E-state index contributed by atoms with van der Waals surface area (Å²) in [5.74, 6) is 0. The summed E-state index contributed by atoms with van der Waals surface area (Å²) in [6.07, 6.45) is 1.13. The van der Waals surface area contributed by atoms with Crippen LogP contribution in [0.1, 0.15) is 36.1 Å². The Labute approximate surface area is 93.9 Å². The summed E-state index contributed by atoms with van der Waals surface area (Å²) in [5.41, 5.74) is 5.70. The van der Waals surface area contributed by atoms with E-state index in [0.29, 0.717) is 6.04 Å². The van der Waals surface area contributed by atoms with Gasteiger partial charge in [0, 0.05) is 6.04 Å². The van der Waals surface area contributed by atoms with Gasteiger partial charge >= 0.3 is 0 Å². The second-order valence-corrected chi connectivity index (χ2v) is 4.72. The second kappa shape index (κ2) is 5.32. The van der Waals surface area contributed by atoms with Gasteiger partial charge < -0.3 is 5.32 Å². The van der Waals surface area contributed by atoms with Crippen molar-refractivity contribution >= 4 is 0 Å². The molecule has 1 rings (SSSR count). The summed E-state index contributed by atoms with van der Waals surface area (Å²) < 4.78 is 0. The Morgan fingerprint density at radius 1 is 1.00 bits per heavy atom. The average molecular weight is 205 g/mol. The molecule has 0 saturated heterocycles. The molecule has 0 aromatic heterocycles. The fourth-order valence-corrected chi connectivity index (χ4v) is 1.79. The highest BCUT2D eigenvalue weighted by Gasteiger charge is 2.02. The van der Waals surface area contributed by atoms with E-state index >= 15 is 0 Å². The van der Waals surface area contributed by atoms with E-state index in [4.69, 9.17) is 0 Å². The molecule has 84 valence electrons. The van der Waals surface area contributed by atoms with Crippen molar-refractivity contribution in [1.29, 1.82) is 0 Å². The largest absolute Gasteiger partial charge is 0.314 e. The summed E-state index contributed by atoms with van der Waals surface area (Å²) in [6.45, 7) is 12.0. The maximum atomic E-state index is 3.46. The molecule has 0 radical (unpaired) electrons. The van der Waals surface area contributed by atoms with Crippen LogP contribution in [0.3, 0.4) is 0 Å². The first-order valence-corrected chi connectivity index (χ1v) is 5.81. The first kappa shape index (κ1) is 12.3. The molecule has 0 atom stereocenters. The molecule has 0 spiro atoms. The van der Waals surface area contributed by atoms with Crippen LogP contribution in [0.4, 0.5) is 0 Å².